The van der Waals surface area contributed by atoms with Crippen LogP contribution in [0.2, 0.25) is 0 Å². The maximum absolute atomic E-state index is 12.9. The standard InChI is InChI=1S/C12H18F3NOS/c13-12(14,15)11(2-3-11)16-9-1-5-17-10(7-9)4-6-18-8-10/h9,16H,1-8H2. The Hall–Kier alpha value is 0.0600. The van der Waals surface area contributed by atoms with Gasteiger partial charge in [0.25, 0.3) is 0 Å². The van der Waals surface area contributed by atoms with Crippen molar-refractivity contribution in [1.29, 1.82) is 0 Å². The molecule has 0 aromatic carbocycles. The van der Waals surface area contributed by atoms with Gasteiger partial charge in [0.1, 0.15) is 5.54 Å². The van der Waals surface area contributed by atoms with Crippen LogP contribution < -0.4 is 5.32 Å². The first-order chi connectivity index (χ1) is 8.45. The second-order valence-electron chi connectivity index (χ2n) is 5.75. The summed E-state index contributed by atoms with van der Waals surface area (Å²) >= 11 is 1.85. The lowest BCUT2D eigenvalue weighted by Gasteiger charge is -2.40. The van der Waals surface area contributed by atoms with Crippen LogP contribution in [0.5, 0.6) is 0 Å². The van der Waals surface area contributed by atoms with Gasteiger partial charge in [-0.15, -0.1) is 0 Å². The highest BCUT2D eigenvalue weighted by Crippen LogP contribution is 2.50. The van der Waals surface area contributed by atoms with E-state index < -0.39 is 11.7 Å². The quantitative estimate of drug-likeness (QED) is 0.841. The van der Waals surface area contributed by atoms with Gasteiger partial charge < -0.3 is 10.1 Å². The summed E-state index contributed by atoms with van der Waals surface area (Å²) in [5, 5.41) is 2.88. The van der Waals surface area contributed by atoms with Crippen LogP contribution in [-0.4, -0.2) is 41.5 Å². The fourth-order valence-corrected chi connectivity index (χ4v) is 4.42. The summed E-state index contributed by atoms with van der Waals surface area (Å²) in [5.74, 6) is 2.00. The Morgan fingerprint density at radius 1 is 1.22 bits per heavy atom. The van der Waals surface area contributed by atoms with E-state index in [1.54, 1.807) is 0 Å². The molecule has 3 fully saturated rings. The Morgan fingerprint density at radius 3 is 2.56 bits per heavy atom. The Labute approximate surface area is 109 Å². The largest absolute Gasteiger partial charge is 0.406 e. The number of alkyl halides is 3. The number of ether oxygens (including phenoxy) is 1. The molecule has 1 spiro atoms. The van der Waals surface area contributed by atoms with Crippen molar-refractivity contribution in [2.45, 2.75) is 55.5 Å². The third-order valence-electron chi connectivity index (χ3n) is 4.33. The molecule has 0 radical (unpaired) electrons. The minimum Gasteiger partial charge on any atom is -0.374 e. The Morgan fingerprint density at radius 2 is 2.00 bits per heavy atom. The molecule has 2 heterocycles. The number of rotatable bonds is 2. The molecule has 104 valence electrons. The topological polar surface area (TPSA) is 21.3 Å². The lowest BCUT2D eigenvalue weighted by Crippen LogP contribution is -2.55. The van der Waals surface area contributed by atoms with E-state index in [0.29, 0.717) is 13.0 Å². The fourth-order valence-electron chi connectivity index (χ4n) is 3.04. The molecule has 2 saturated heterocycles. The average Bonchev–Trinajstić information content (AvgIpc) is 2.95. The van der Waals surface area contributed by atoms with E-state index in [9.17, 15) is 13.2 Å². The lowest BCUT2D eigenvalue weighted by molar-refractivity contribution is -0.172. The van der Waals surface area contributed by atoms with E-state index in [-0.39, 0.29) is 24.5 Å². The zero-order valence-corrected chi connectivity index (χ0v) is 11.0. The molecule has 3 aliphatic rings. The number of nitrogens with one attached hydrogen (secondary N) is 1. The van der Waals surface area contributed by atoms with Gasteiger partial charge in [-0.2, -0.15) is 24.9 Å². The molecule has 0 aromatic heterocycles. The van der Waals surface area contributed by atoms with E-state index in [0.717, 1.165) is 24.3 Å². The molecule has 0 bridgehead atoms. The van der Waals surface area contributed by atoms with Crippen LogP contribution in [-0.2, 0) is 4.74 Å². The summed E-state index contributed by atoms with van der Waals surface area (Å²) in [5.41, 5.74) is -1.73. The summed E-state index contributed by atoms with van der Waals surface area (Å²) in [4.78, 5) is 0. The Balaban J connectivity index is 1.63. The minimum absolute atomic E-state index is 0.0402. The number of hydrogen-bond donors (Lipinski definition) is 1. The normalized spacial score (nSPS) is 39.2. The second kappa shape index (κ2) is 4.28. The molecule has 2 unspecified atom stereocenters. The zero-order valence-electron chi connectivity index (χ0n) is 10.2. The second-order valence-corrected chi connectivity index (χ2v) is 6.85. The van der Waals surface area contributed by atoms with Gasteiger partial charge in [0.05, 0.1) is 5.60 Å². The smallest absolute Gasteiger partial charge is 0.374 e. The third-order valence-corrected chi connectivity index (χ3v) is 5.56. The predicted octanol–water partition coefficient (Wildman–Crippen LogP) is 2.73. The lowest BCUT2D eigenvalue weighted by atomic mass is 9.89. The molecule has 2 aliphatic heterocycles. The summed E-state index contributed by atoms with van der Waals surface area (Å²) < 4.78 is 44.6. The van der Waals surface area contributed by atoms with E-state index in [1.165, 1.54) is 0 Å². The SMILES string of the molecule is FC(F)(F)C1(NC2CCOC3(CCSC3)C2)CC1. The highest BCUT2D eigenvalue weighted by Gasteiger charge is 2.64. The van der Waals surface area contributed by atoms with Gasteiger partial charge in [-0.3, -0.25) is 0 Å². The van der Waals surface area contributed by atoms with Gasteiger partial charge >= 0.3 is 6.18 Å². The number of halogens is 3. The van der Waals surface area contributed by atoms with Crippen LogP contribution in [0.4, 0.5) is 13.2 Å². The fraction of sp³-hybridized carbons (Fsp3) is 1.00. The first-order valence-corrected chi connectivity index (χ1v) is 7.66. The molecular formula is C12H18F3NOS. The summed E-state index contributed by atoms with van der Waals surface area (Å²) in [6.07, 6.45) is -1.23. The highest BCUT2D eigenvalue weighted by molar-refractivity contribution is 7.99. The molecule has 2 atom stereocenters. The molecule has 1 aliphatic carbocycles. The maximum atomic E-state index is 12.9. The molecule has 1 N–H and O–H groups in total. The first-order valence-electron chi connectivity index (χ1n) is 6.51. The van der Waals surface area contributed by atoms with E-state index in [4.69, 9.17) is 4.74 Å². The number of thioether (sulfide) groups is 1. The molecule has 6 heteroatoms. The molecule has 0 aromatic rings. The maximum Gasteiger partial charge on any atom is 0.406 e. The van der Waals surface area contributed by atoms with Crippen molar-refractivity contribution in [3.63, 3.8) is 0 Å². The third kappa shape index (κ3) is 2.27. The first kappa shape index (κ1) is 13.1. The van der Waals surface area contributed by atoms with Gasteiger partial charge in [-0.05, 0) is 37.9 Å². The van der Waals surface area contributed by atoms with Gasteiger partial charge in [-0.25, -0.2) is 0 Å². The Kier molecular flexibility index (Phi) is 3.11. The van der Waals surface area contributed by atoms with E-state index in [2.05, 4.69) is 5.32 Å². The monoisotopic (exact) mass is 281 g/mol. The van der Waals surface area contributed by atoms with Crippen LogP contribution in [0, 0.1) is 0 Å². The van der Waals surface area contributed by atoms with Crippen molar-refractivity contribution in [1.82, 2.24) is 5.32 Å². The van der Waals surface area contributed by atoms with Crippen molar-refractivity contribution < 1.29 is 17.9 Å². The van der Waals surface area contributed by atoms with Crippen LogP contribution in [0.25, 0.3) is 0 Å². The molecule has 0 amide bonds. The van der Waals surface area contributed by atoms with Gasteiger partial charge in [0, 0.05) is 18.4 Å². The summed E-state index contributed by atoms with van der Waals surface area (Å²) in [6.45, 7) is 0.589. The van der Waals surface area contributed by atoms with Gasteiger partial charge in [-0.1, -0.05) is 0 Å². The van der Waals surface area contributed by atoms with Crippen LogP contribution in [0.1, 0.15) is 32.1 Å². The van der Waals surface area contributed by atoms with Crippen LogP contribution in [0.3, 0.4) is 0 Å². The molecular weight excluding hydrogens is 263 g/mol. The molecule has 1 saturated carbocycles. The van der Waals surface area contributed by atoms with E-state index in [1.807, 2.05) is 11.8 Å². The van der Waals surface area contributed by atoms with Crippen molar-refractivity contribution in [3.8, 4) is 0 Å². The minimum atomic E-state index is -4.11. The molecule has 3 rings (SSSR count). The summed E-state index contributed by atoms with van der Waals surface area (Å²) in [6, 6.07) is -0.0402. The van der Waals surface area contributed by atoms with Gasteiger partial charge in [0.2, 0.25) is 0 Å². The van der Waals surface area contributed by atoms with Crippen molar-refractivity contribution in [2.24, 2.45) is 0 Å². The van der Waals surface area contributed by atoms with Crippen molar-refractivity contribution in [3.05, 3.63) is 0 Å². The predicted molar refractivity (Wildman–Crippen MR) is 64.8 cm³/mol. The van der Waals surface area contributed by atoms with Crippen LogP contribution in [0.15, 0.2) is 0 Å². The van der Waals surface area contributed by atoms with E-state index >= 15 is 0 Å². The molecule has 18 heavy (non-hydrogen) atoms. The average molecular weight is 281 g/mol. The van der Waals surface area contributed by atoms with Gasteiger partial charge in [0.15, 0.2) is 0 Å². The molecule has 2 nitrogen and oxygen atoms in total. The summed E-state index contributed by atoms with van der Waals surface area (Å²) in [7, 11) is 0. The number of hydrogen-bond acceptors (Lipinski definition) is 3. The zero-order chi connectivity index (χ0) is 12.9. The highest BCUT2D eigenvalue weighted by atomic mass is 32.2. The van der Waals surface area contributed by atoms with Crippen LogP contribution >= 0.6 is 11.8 Å². The van der Waals surface area contributed by atoms with Crippen molar-refractivity contribution >= 4 is 11.8 Å². The van der Waals surface area contributed by atoms with Crippen molar-refractivity contribution in [2.75, 3.05) is 18.1 Å². The Bertz CT molecular complexity index is 324.